The number of ether oxygens (including phenoxy) is 2. The fourth-order valence-electron chi connectivity index (χ4n) is 4.02. The third-order valence-corrected chi connectivity index (χ3v) is 5.43. The molecule has 28 heavy (non-hydrogen) atoms. The van der Waals surface area contributed by atoms with Crippen LogP contribution >= 0.6 is 0 Å². The quantitative estimate of drug-likeness (QED) is 0.832. The van der Waals surface area contributed by atoms with Crippen molar-refractivity contribution in [2.45, 2.75) is 45.1 Å². The molecular weight excluding hydrogens is 354 g/mol. The van der Waals surface area contributed by atoms with Gasteiger partial charge in [0.05, 0.1) is 13.7 Å². The van der Waals surface area contributed by atoms with Crippen molar-refractivity contribution >= 4 is 5.97 Å². The Morgan fingerprint density at radius 1 is 1.25 bits per heavy atom. The van der Waals surface area contributed by atoms with Gasteiger partial charge in [-0.2, -0.15) is 0 Å². The molecule has 1 saturated heterocycles. The van der Waals surface area contributed by atoms with E-state index in [2.05, 4.69) is 48.6 Å². The van der Waals surface area contributed by atoms with Crippen LogP contribution < -0.4 is 14.8 Å². The first kappa shape index (κ1) is 20.2. The lowest BCUT2D eigenvalue weighted by atomic mass is 9.91. The van der Waals surface area contributed by atoms with Gasteiger partial charge in [0.2, 0.25) is 0 Å². The normalized spacial score (nSPS) is 20.0. The molecule has 2 aromatic rings. The van der Waals surface area contributed by atoms with Crippen LogP contribution in [0.15, 0.2) is 36.4 Å². The molecule has 0 spiro atoms. The van der Waals surface area contributed by atoms with Crippen LogP contribution in [0.2, 0.25) is 0 Å². The zero-order valence-electron chi connectivity index (χ0n) is 16.8. The standard InChI is InChI=1S/C21H25NO2.C2H4O2/c1-3-14-4-6-15(7-5-14)19-12-16(13-22-19)17-8-9-20(23-2)18-10-11-24-21(17)18;1-2(3)4/h4-9,16,19,22H,3,10-13H2,1-2H3;1H3,(H,3,4). The Morgan fingerprint density at radius 3 is 2.61 bits per heavy atom. The Bertz CT molecular complexity index is 812. The summed E-state index contributed by atoms with van der Waals surface area (Å²) in [5.41, 5.74) is 5.37. The van der Waals surface area contributed by atoms with E-state index in [1.807, 2.05) is 0 Å². The van der Waals surface area contributed by atoms with E-state index in [1.165, 1.54) is 22.3 Å². The number of fused-ring (bicyclic) bond motifs is 1. The molecule has 2 N–H and O–H groups in total. The van der Waals surface area contributed by atoms with Gasteiger partial charge in [-0.05, 0) is 35.6 Å². The van der Waals surface area contributed by atoms with Gasteiger partial charge in [0.15, 0.2) is 0 Å². The minimum atomic E-state index is -0.833. The summed E-state index contributed by atoms with van der Waals surface area (Å²) < 4.78 is 11.4. The maximum atomic E-state index is 9.00. The Balaban J connectivity index is 0.000000516. The van der Waals surface area contributed by atoms with Crippen molar-refractivity contribution in [1.29, 1.82) is 0 Å². The molecule has 2 aliphatic rings. The Hall–Kier alpha value is -2.53. The van der Waals surface area contributed by atoms with E-state index < -0.39 is 5.97 Å². The lowest BCUT2D eigenvalue weighted by Crippen LogP contribution is -2.13. The lowest BCUT2D eigenvalue weighted by molar-refractivity contribution is -0.134. The molecule has 0 saturated carbocycles. The second-order valence-corrected chi connectivity index (χ2v) is 7.27. The van der Waals surface area contributed by atoms with Gasteiger partial charge < -0.3 is 19.9 Å². The number of hydrogen-bond donors (Lipinski definition) is 2. The maximum absolute atomic E-state index is 9.00. The van der Waals surface area contributed by atoms with Crippen LogP contribution in [0.5, 0.6) is 11.5 Å². The van der Waals surface area contributed by atoms with Crippen molar-refractivity contribution in [3.8, 4) is 11.5 Å². The highest BCUT2D eigenvalue weighted by molar-refractivity contribution is 5.63. The molecule has 2 heterocycles. The van der Waals surface area contributed by atoms with Crippen LogP contribution in [0, 0.1) is 0 Å². The predicted octanol–water partition coefficient (Wildman–Crippen LogP) is 4.10. The first-order valence-electron chi connectivity index (χ1n) is 9.87. The van der Waals surface area contributed by atoms with Crippen LogP contribution in [-0.2, 0) is 17.6 Å². The molecule has 150 valence electrons. The van der Waals surface area contributed by atoms with Gasteiger partial charge in [0.25, 0.3) is 5.97 Å². The Kier molecular flexibility index (Phi) is 6.57. The first-order valence-corrected chi connectivity index (χ1v) is 9.87. The first-order chi connectivity index (χ1) is 13.5. The SMILES string of the molecule is CC(=O)O.CCc1ccc(C2CC(c3ccc(OC)c4c3OCC4)CN2)cc1. The molecule has 1 fully saturated rings. The number of carboxylic acid groups (broad SMARTS) is 1. The number of nitrogens with one attached hydrogen (secondary N) is 1. The number of rotatable bonds is 4. The molecule has 0 aromatic heterocycles. The van der Waals surface area contributed by atoms with E-state index in [-0.39, 0.29) is 0 Å². The number of carbonyl (C=O) groups is 1. The average molecular weight is 383 g/mol. The van der Waals surface area contributed by atoms with E-state index >= 15 is 0 Å². The van der Waals surface area contributed by atoms with Crippen LogP contribution in [0.4, 0.5) is 0 Å². The number of methoxy groups -OCH3 is 1. The van der Waals surface area contributed by atoms with E-state index in [0.717, 1.165) is 50.8 Å². The minimum absolute atomic E-state index is 0.431. The topological polar surface area (TPSA) is 67.8 Å². The highest BCUT2D eigenvalue weighted by Crippen LogP contribution is 2.44. The molecule has 2 aliphatic heterocycles. The van der Waals surface area contributed by atoms with Gasteiger partial charge in [0, 0.05) is 37.4 Å². The van der Waals surface area contributed by atoms with Gasteiger partial charge >= 0.3 is 0 Å². The number of carboxylic acids is 1. The van der Waals surface area contributed by atoms with Gasteiger partial charge in [-0.1, -0.05) is 37.3 Å². The molecule has 2 atom stereocenters. The number of benzene rings is 2. The summed E-state index contributed by atoms with van der Waals surface area (Å²) in [5, 5.41) is 11.1. The molecule has 4 rings (SSSR count). The van der Waals surface area contributed by atoms with Crippen molar-refractivity contribution in [2.75, 3.05) is 20.3 Å². The maximum Gasteiger partial charge on any atom is 0.300 e. The largest absolute Gasteiger partial charge is 0.496 e. The summed E-state index contributed by atoms with van der Waals surface area (Å²) in [5.74, 6) is 1.70. The molecular formula is C23H29NO4. The number of hydrogen-bond acceptors (Lipinski definition) is 4. The summed E-state index contributed by atoms with van der Waals surface area (Å²) in [6.07, 6.45) is 3.17. The summed E-state index contributed by atoms with van der Waals surface area (Å²) >= 11 is 0. The van der Waals surface area contributed by atoms with E-state index in [9.17, 15) is 0 Å². The second-order valence-electron chi connectivity index (χ2n) is 7.27. The second kappa shape index (κ2) is 9.11. The highest BCUT2D eigenvalue weighted by Gasteiger charge is 2.31. The van der Waals surface area contributed by atoms with Crippen molar-refractivity contribution in [3.05, 3.63) is 58.7 Å². The third-order valence-electron chi connectivity index (χ3n) is 5.43. The lowest BCUT2D eigenvalue weighted by Gasteiger charge is -2.16. The van der Waals surface area contributed by atoms with Crippen molar-refractivity contribution < 1.29 is 19.4 Å². The van der Waals surface area contributed by atoms with Crippen LogP contribution in [0.3, 0.4) is 0 Å². The van der Waals surface area contributed by atoms with Gasteiger partial charge in [0.1, 0.15) is 11.5 Å². The van der Waals surface area contributed by atoms with E-state index in [0.29, 0.717) is 12.0 Å². The molecule has 0 amide bonds. The molecule has 5 nitrogen and oxygen atoms in total. The fraction of sp³-hybridized carbons (Fsp3) is 0.435. The van der Waals surface area contributed by atoms with Gasteiger partial charge in [-0.25, -0.2) is 0 Å². The van der Waals surface area contributed by atoms with Crippen molar-refractivity contribution in [3.63, 3.8) is 0 Å². The summed E-state index contributed by atoms with van der Waals surface area (Å²) in [4.78, 5) is 9.00. The van der Waals surface area contributed by atoms with Crippen LogP contribution in [0.25, 0.3) is 0 Å². The van der Waals surface area contributed by atoms with Crippen molar-refractivity contribution in [1.82, 2.24) is 5.32 Å². The molecule has 0 radical (unpaired) electrons. The predicted molar refractivity (Wildman–Crippen MR) is 109 cm³/mol. The molecule has 0 aliphatic carbocycles. The zero-order chi connectivity index (χ0) is 20.1. The minimum Gasteiger partial charge on any atom is -0.496 e. The highest BCUT2D eigenvalue weighted by atomic mass is 16.5. The molecule has 5 heteroatoms. The smallest absolute Gasteiger partial charge is 0.300 e. The monoisotopic (exact) mass is 383 g/mol. The molecule has 2 unspecified atom stereocenters. The number of aliphatic carboxylic acids is 1. The number of aryl methyl sites for hydroxylation is 1. The van der Waals surface area contributed by atoms with Crippen LogP contribution in [0.1, 0.15) is 54.5 Å². The van der Waals surface area contributed by atoms with Crippen molar-refractivity contribution in [2.24, 2.45) is 0 Å². The van der Waals surface area contributed by atoms with Crippen LogP contribution in [-0.4, -0.2) is 31.3 Å². The molecule has 0 bridgehead atoms. The Labute approximate surface area is 166 Å². The van der Waals surface area contributed by atoms with E-state index in [4.69, 9.17) is 19.4 Å². The Morgan fingerprint density at radius 2 is 1.96 bits per heavy atom. The average Bonchev–Trinajstić information content (AvgIpc) is 3.37. The summed E-state index contributed by atoms with van der Waals surface area (Å²) in [7, 11) is 1.74. The summed E-state index contributed by atoms with van der Waals surface area (Å²) in [6, 6.07) is 13.8. The summed E-state index contributed by atoms with van der Waals surface area (Å²) in [6.45, 7) is 5.05. The fourth-order valence-corrected chi connectivity index (χ4v) is 4.02. The van der Waals surface area contributed by atoms with Gasteiger partial charge in [-0.3, -0.25) is 4.79 Å². The zero-order valence-corrected chi connectivity index (χ0v) is 16.8. The third kappa shape index (κ3) is 4.47. The van der Waals surface area contributed by atoms with Gasteiger partial charge in [-0.15, -0.1) is 0 Å². The van der Waals surface area contributed by atoms with E-state index in [1.54, 1.807) is 7.11 Å². The molecule has 2 aromatic carbocycles.